The summed E-state index contributed by atoms with van der Waals surface area (Å²) in [6, 6.07) is 4.20. The van der Waals surface area contributed by atoms with Crippen LogP contribution in [0.4, 0.5) is 5.82 Å². The lowest BCUT2D eigenvalue weighted by Crippen LogP contribution is -2.34. The number of hydrogen-bond acceptors (Lipinski definition) is 3. The minimum absolute atomic E-state index is 0.142. The Labute approximate surface area is 103 Å². The van der Waals surface area contributed by atoms with Crippen molar-refractivity contribution in [3.05, 3.63) is 23.9 Å². The van der Waals surface area contributed by atoms with Crippen molar-refractivity contribution >= 4 is 11.6 Å². The van der Waals surface area contributed by atoms with Crippen LogP contribution in [0.3, 0.4) is 0 Å². The Morgan fingerprint density at radius 3 is 2.29 bits per heavy atom. The second-order valence-electron chi connectivity index (χ2n) is 5.68. The van der Waals surface area contributed by atoms with Crippen LogP contribution in [-0.4, -0.2) is 23.9 Å². The highest BCUT2D eigenvalue weighted by molar-refractivity contribution is 5.80. The molecule has 0 atom stereocenters. The average Bonchev–Trinajstić information content (AvgIpc) is 2.29. The lowest BCUT2D eigenvalue weighted by atomic mass is 9.88. The molecule has 92 valence electrons. The lowest BCUT2D eigenvalue weighted by Gasteiger charge is -2.27. The molecule has 0 spiro atoms. The Morgan fingerprint density at radius 2 is 1.82 bits per heavy atom. The van der Waals surface area contributed by atoms with Crippen LogP contribution in [-0.2, 0) is 10.2 Å². The van der Waals surface area contributed by atoms with Gasteiger partial charge in [0.15, 0.2) is 0 Å². The van der Waals surface area contributed by atoms with E-state index < -0.39 is 0 Å². The topological polar surface area (TPSA) is 33.2 Å². The molecule has 2 rings (SSSR count). The number of piperidine rings is 1. The van der Waals surface area contributed by atoms with Gasteiger partial charge in [-0.3, -0.25) is 4.79 Å². The van der Waals surface area contributed by atoms with Crippen molar-refractivity contribution in [3.8, 4) is 0 Å². The summed E-state index contributed by atoms with van der Waals surface area (Å²) < 4.78 is 0. The van der Waals surface area contributed by atoms with Crippen LogP contribution in [0.5, 0.6) is 0 Å². The van der Waals surface area contributed by atoms with E-state index >= 15 is 0 Å². The van der Waals surface area contributed by atoms with Crippen molar-refractivity contribution in [1.82, 2.24) is 4.98 Å². The van der Waals surface area contributed by atoms with E-state index in [-0.39, 0.29) is 5.41 Å². The molecule has 0 amide bonds. The minimum atomic E-state index is 0.142. The van der Waals surface area contributed by atoms with E-state index in [4.69, 9.17) is 0 Å². The Balaban J connectivity index is 2.10. The zero-order valence-electron chi connectivity index (χ0n) is 10.9. The lowest BCUT2D eigenvalue weighted by molar-refractivity contribution is -0.119. The molecule has 3 nitrogen and oxygen atoms in total. The van der Waals surface area contributed by atoms with Gasteiger partial charge in [0.2, 0.25) is 0 Å². The van der Waals surface area contributed by atoms with Gasteiger partial charge < -0.3 is 4.90 Å². The predicted octanol–water partition coefficient (Wildman–Crippen LogP) is 2.55. The summed E-state index contributed by atoms with van der Waals surface area (Å²) in [4.78, 5) is 17.9. The fraction of sp³-hybridized carbons (Fsp3) is 0.571. The second-order valence-corrected chi connectivity index (χ2v) is 5.68. The first-order valence-electron chi connectivity index (χ1n) is 6.20. The van der Waals surface area contributed by atoms with E-state index in [2.05, 4.69) is 42.8 Å². The van der Waals surface area contributed by atoms with Crippen molar-refractivity contribution in [2.75, 3.05) is 18.0 Å². The number of hydrogen-bond donors (Lipinski definition) is 0. The molecule has 1 aromatic rings. The van der Waals surface area contributed by atoms with Gasteiger partial charge in [0.25, 0.3) is 0 Å². The highest BCUT2D eigenvalue weighted by atomic mass is 16.1. The average molecular weight is 232 g/mol. The minimum Gasteiger partial charge on any atom is -0.356 e. The molecule has 17 heavy (non-hydrogen) atoms. The Bertz CT molecular complexity index is 393. The molecule has 0 radical (unpaired) electrons. The number of Topliss-reactive ketones (excluding diaryl/α,β-unsaturated/α-hetero) is 1. The van der Waals surface area contributed by atoms with Gasteiger partial charge in [0, 0.05) is 32.1 Å². The van der Waals surface area contributed by atoms with Gasteiger partial charge in [-0.25, -0.2) is 4.98 Å². The Morgan fingerprint density at radius 1 is 1.18 bits per heavy atom. The maximum Gasteiger partial charge on any atom is 0.136 e. The number of nitrogens with zero attached hydrogens (tertiary/aromatic N) is 2. The Hall–Kier alpha value is -1.38. The number of rotatable bonds is 1. The van der Waals surface area contributed by atoms with Gasteiger partial charge in [-0.1, -0.05) is 26.8 Å². The molecule has 0 aromatic carbocycles. The second kappa shape index (κ2) is 4.47. The van der Waals surface area contributed by atoms with Crippen LogP contribution in [0, 0.1) is 0 Å². The van der Waals surface area contributed by atoms with Crippen LogP contribution in [0.2, 0.25) is 0 Å². The fourth-order valence-corrected chi connectivity index (χ4v) is 2.00. The largest absolute Gasteiger partial charge is 0.356 e. The number of carbonyl (C=O) groups is 1. The first-order chi connectivity index (χ1) is 7.97. The smallest absolute Gasteiger partial charge is 0.136 e. The van der Waals surface area contributed by atoms with Crippen molar-refractivity contribution in [1.29, 1.82) is 0 Å². The third-order valence-electron chi connectivity index (χ3n) is 3.26. The van der Waals surface area contributed by atoms with E-state index in [1.165, 1.54) is 5.56 Å². The Kier molecular flexibility index (Phi) is 3.18. The molecule has 0 aliphatic carbocycles. The summed E-state index contributed by atoms with van der Waals surface area (Å²) in [6.45, 7) is 8.16. The molecule has 0 N–H and O–H groups in total. The maximum atomic E-state index is 11.2. The zero-order valence-corrected chi connectivity index (χ0v) is 10.9. The van der Waals surface area contributed by atoms with Crippen LogP contribution < -0.4 is 4.90 Å². The number of pyridine rings is 1. The summed E-state index contributed by atoms with van der Waals surface area (Å²) in [5, 5.41) is 0. The molecule has 1 aliphatic rings. The van der Waals surface area contributed by atoms with Gasteiger partial charge in [-0.15, -0.1) is 0 Å². The third-order valence-corrected chi connectivity index (χ3v) is 3.26. The van der Waals surface area contributed by atoms with Gasteiger partial charge in [0.05, 0.1) is 0 Å². The molecule has 0 bridgehead atoms. The molecule has 1 aromatic heterocycles. The molecule has 2 heterocycles. The monoisotopic (exact) mass is 232 g/mol. The molecule has 1 fully saturated rings. The van der Waals surface area contributed by atoms with E-state index in [0.717, 1.165) is 18.9 Å². The number of carbonyl (C=O) groups excluding carboxylic acids is 1. The number of ketones is 1. The summed E-state index contributed by atoms with van der Waals surface area (Å²) in [6.07, 6.45) is 3.26. The molecule has 0 saturated carbocycles. The predicted molar refractivity (Wildman–Crippen MR) is 69.4 cm³/mol. The SMILES string of the molecule is CC(C)(C)c1ccc(N2CCC(=O)CC2)nc1. The van der Waals surface area contributed by atoms with Crippen molar-refractivity contribution in [2.24, 2.45) is 0 Å². The molecule has 3 heteroatoms. The maximum absolute atomic E-state index is 11.2. The highest BCUT2D eigenvalue weighted by Crippen LogP contribution is 2.23. The molecular weight excluding hydrogens is 212 g/mol. The third kappa shape index (κ3) is 2.84. The van der Waals surface area contributed by atoms with Crippen LogP contribution in [0.1, 0.15) is 39.2 Å². The molecule has 1 saturated heterocycles. The van der Waals surface area contributed by atoms with Gasteiger partial charge in [0.1, 0.15) is 11.6 Å². The highest BCUT2D eigenvalue weighted by Gasteiger charge is 2.18. The van der Waals surface area contributed by atoms with Crippen LogP contribution in [0.15, 0.2) is 18.3 Å². The van der Waals surface area contributed by atoms with Gasteiger partial charge >= 0.3 is 0 Å². The van der Waals surface area contributed by atoms with E-state index in [1.54, 1.807) is 0 Å². The number of anilines is 1. The van der Waals surface area contributed by atoms with Gasteiger partial charge in [-0.2, -0.15) is 0 Å². The summed E-state index contributed by atoms with van der Waals surface area (Å²) in [5.74, 6) is 1.36. The van der Waals surface area contributed by atoms with Crippen molar-refractivity contribution in [2.45, 2.75) is 39.0 Å². The van der Waals surface area contributed by atoms with E-state index in [1.807, 2.05) is 6.20 Å². The van der Waals surface area contributed by atoms with Crippen molar-refractivity contribution < 1.29 is 4.79 Å². The van der Waals surface area contributed by atoms with Crippen LogP contribution >= 0.6 is 0 Å². The molecule has 0 unspecified atom stereocenters. The van der Waals surface area contributed by atoms with E-state index in [9.17, 15) is 4.79 Å². The van der Waals surface area contributed by atoms with E-state index in [0.29, 0.717) is 18.6 Å². The molecule has 1 aliphatic heterocycles. The normalized spacial score (nSPS) is 17.4. The van der Waals surface area contributed by atoms with Crippen molar-refractivity contribution in [3.63, 3.8) is 0 Å². The zero-order chi connectivity index (χ0) is 12.5. The summed E-state index contributed by atoms with van der Waals surface area (Å²) in [5.41, 5.74) is 1.39. The quantitative estimate of drug-likeness (QED) is 0.746. The first-order valence-corrected chi connectivity index (χ1v) is 6.20. The summed E-state index contributed by atoms with van der Waals surface area (Å²) >= 11 is 0. The summed E-state index contributed by atoms with van der Waals surface area (Å²) in [7, 11) is 0. The first kappa shape index (κ1) is 12.1. The standard InChI is InChI=1S/C14H20N2O/c1-14(2,3)11-4-5-13(15-10-11)16-8-6-12(17)7-9-16/h4-5,10H,6-9H2,1-3H3. The van der Waals surface area contributed by atoms with Crippen LogP contribution in [0.25, 0.3) is 0 Å². The number of aromatic nitrogens is 1. The molecular formula is C14H20N2O. The van der Waals surface area contributed by atoms with Gasteiger partial charge in [-0.05, 0) is 17.0 Å². The fourth-order valence-electron chi connectivity index (χ4n) is 2.00.